The van der Waals surface area contributed by atoms with E-state index < -0.39 is 15.8 Å². The molecule has 1 spiro atoms. The highest BCUT2D eigenvalue weighted by molar-refractivity contribution is 7.89. The predicted octanol–water partition coefficient (Wildman–Crippen LogP) is 2.95. The van der Waals surface area contributed by atoms with Crippen molar-refractivity contribution in [2.45, 2.75) is 37.4 Å². The molecule has 6 nitrogen and oxygen atoms in total. The topological polar surface area (TPSA) is 68.7 Å². The number of nitrogens with zero attached hydrogens (tertiary/aromatic N) is 2. The van der Waals surface area contributed by atoms with Crippen molar-refractivity contribution in [1.82, 2.24) is 9.29 Å². The second-order valence-corrected chi connectivity index (χ2v) is 9.71. The Morgan fingerprint density at radius 1 is 1.15 bits per heavy atom. The van der Waals surface area contributed by atoms with E-state index in [1.165, 1.54) is 0 Å². The molecule has 4 rings (SSSR count). The molecule has 2 fully saturated rings. The number of aromatic nitrogens is 1. The van der Waals surface area contributed by atoms with Gasteiger partial charge in [0.05, 0.1) is 28.8 Å². The van der Waals surface area contributed by atoms with Crippen molar-refractivity contribution in [3.05, 3.63) is 34.2 Å². The SMILES string of the molecule is Cc1nc(-c2ccc(C)c(S(=O)(=O)N3CCC4(CC3)OCCO4)c2)cs1. The minimum absolute atomic E-state index is 0.352. The average molecular weight is 395 g/mol. The van der Waals surface area contributed by atoms with Gasteiger partial charge in [0, 0.05) is 36.9 Å². The molecule has 0 amide bonds. The summed E-state index contributed by atoms with van der Waals surface area (Å²) in [6.45, 7) is 5.75. The maximum Gasteiger partial charge on any atom is 0.243 e. The lowest BCUT2D eigenvalue weighted by molar-refractivity contribution is -0.179. The first-order chi connectivity index (χ1) is 12.4. The van der Waals surface area contributed by atoms with Crippen LogP contribution in [0.2, 0.25) is 0 Å². The van der Waals surface area contributed by atoms with Gasteiger partial charge in [0.15, 0.2) is 5.79 Å². The second-order valence-electron chi connectivity index (χ2n) is 6.74. The summed E-state index contributed by atoms with van der Waals surface area (Å²) in [5, 5.41) is 2.92. The molecule has 140 valence electrons. The van der Waals surface area contributed by atoms with E-state index in [2.05, 4.69) is 4.98 Å². The second kappa shape index (κ2) is 6.69. The molecule has 2 aliphatic heterocycles. The number of hydrogen-bond donors (Lipinski definition) is 0. The van der Waals surface area contributed by atoms with Gasteiger partial charge in [-0.3, -0.25) is 0 Å². The lowest BCUT2D eigenvalue weighted by Gasteiger charge is -2.37. The maximum atomic E-state index is 13.2. The van der Waals surface area contributed by atoms with Crippen LogP contribution in [0.25, 0.3) is 11.3 Å². The van der Waals surface area contributed by atoms with Gasteiger partial charge in [-0.2, -0.15) is 4.31 Å². The summed E-state index contributed by atoms with van der Waals surface area (Å²) in [6.07, 6.45) is 1.13. The number of rotatable bonds is 3. The van der Waals surface area contributed by atoms with Crippen LogP contribution in [0.5, 0.6) is 0 Å². The lowest BCUT2D eigenvalue weighted by atomic mass is 10.1. The lowest BCUT2D eigenvalue weighted by Crippen LogP contribution is -2.47. The highest BCUT2D eigenvalue weighted by Crippen LogP contribution is 2.34. The molecule has 0 bridgehead atoms. The normalized spacial score (nSPS) is 20.7. The first-order valence-corrected chi connectivity index (χ1v) is 11.0. The van der Waals surface area contributed by atoms with Crippen molar-refractivity contribution in [1.29, 1.82) is 0 Å². The molecule has 0 aliphatic carbocycles. The Bertz CT molecular complexity index is 907. The minimum atomic E-state index is -3.56. The Labute approximate surface area is 157 Å². The third kappa shape index (κ3) is 3.20. The molecule has 2 aromatic rings. The number of sulfonamides is 1. The number of benzene rings is 1. The third-order valence-corrected chi connectivity index (χ3v) is 7.83. The number of aryl methyl sites for hydroxylation is 2. The Hall–Kier alpha value is -1.32. The smallest absolute Gasteiger partial charge is 0.243 e. The maximum absolute atomic E-state index is 13.2. The van der Waals surface area contributed by atoms with E-state index in [4.69, 9.17) is 9.47 Å². The van der Waals surface area contributed by atoms with E-state index >= 15 is 0 Å². The van der Waals surface area contributed by atoms with E-state index in [1.54, 1.807) is 21.7 Å². The quantitative estimate of drug-likeness (QED) is 0.801. The van der Waals surface area contributed by atoms with Crippen LogP contribution in [0.4, 0.5) is 0 Å². The van der Waals surface area contributed by atoms with E-state index in [0.29, 0.717) is 44.0 Å². The zero-order valence-corrected chi connectivity index (χ0v) is 16.5. The van der Waals surface area contributed by atoms with Crippen molar-refractivity contribution in [3.8, 4) is 11.3 Å². The fourth-order valence-electron chi connectivity index (χ4n) is 3.53. The van der Waals surface area contributed by atoms with E-state index in [0.717, 1.165) is 21.8 Å². The first-order valence-electron chi connectivity index (χ1n) is 8.71. The van der Waals surface area contributed by atoms with Gasteiger partial charge in [-0.15, -0.1) is 11.3 Å². The van der Waals surface area contributed by atoms with Gasteiger partial charge in [-0.25, -0.2) is 13.4 Å². The molecule has 1 aromatic carbocycles. The van der Waals surface area contributed by atoms with Crippen LogP contribution < -0.4 is 0 Å². The van der Waals surface area contributed by atoms with Crippen LogP contribution >= 0.6 is 11.3 Å². The fraction of sp³-hybridized carbons (Fsp3) is 0.500. The predicted molar refractivity (Wildman–Crippen MR) is 99.7 cm³/mol. The molecule has 0 unspecified atom stereocenters. The van der Waals surface area contributed by atoms with Crippen LogP contribution in [-0.2, 0) is 19.5 Å². The van der Waals surface area contributed by atoms with E-state index in [-0.39, 0.29) is 0 Å². The summed E-state index contributed by atoms with van der Waals surface area (Å²) in [4.78, 5) is 4.82. The molecular weight excluding hydrogens is 372 g/mol. The molecule has 0 atom stereocenters. The van der Waals surface area contributed by atoms with Crippen molar-refractivity contribution < 1.29 is 17.9 Å². The molecule has 26 heavy (non-hydrogen) atoms. The Kier molecular flexibility index (Phi) is 4.65. The van der Waals surface area contributed by atoms with Crippen molar-refractivity contribution >= 4 is 21.4 Å². The summed E-state index contributed by atoms with van der Waals surface area (Å²) in [5.74, 6) is -0.582. The number of thiazole rings is 1. The Morgan fingerprint density at radius 2 is 1.85 bits per heavy atom. The monoisotopic (exact) mass is 394 g/mol. The van der Waals surface area contributed by atoms with Crippen molar-refractivity contribution in [3.63, 3.8) is 0 Å². The molecule has 0 saturated carbocycles. The van der Waals surface area contributed by atoms with Gasteiger partial charge < -0.3 is 9.47 Å². The summed E-state index contributed by atoms with van der Waals surface area (Å²) in [7, 11) is -3.56. The van der Waals surface area contributed by atoms with Crippen LogP contribution in [0.15, 0.2) is 28.5 Å². The fourth-order valence-corrected chi connectivity index (χ4v) is 5.84. The molecule has 3 heterocycles. The minimum Gasteiger partial charge on any atom is -0.347 e. The first kappa shape index (κ1) is 18.1. The van der Waals surface area contributed by atoms with Gasteiger partial charge in [0.25, 0.3) is 0 Å². The molecule has 8 heteroatoms. The van der Waals surface area contributed by atoms with Gasteiger partial charge in [-0.05, 0) is 25.5 Å². The van der Waals surface area contributed by atoms with Gasteiger partial charge in [0.2, 0.25) is 10.0 Å². The standard InChI is InChI=1S/C18H22N2O4S2/c1-13-3-4-15(16-12-25-14(2)19-16)11-17(13)26(21,22)20-7-5-18(6-8-20)23-9-10-24-18/h3-4,11-12H,5-10H2,1-2H3. The zero-order chi connectivity index (χ0) is 18.4. The molecule has 2 saturated heterocycles. The number of piperidine rings is 1. The molecule has 0 radical (unpaired) electrons. The van der Waals surface area contributed by atoms with Gasteiger partial charge in [-0.1, -0.05) is 12.1 Å². The number of ether oxygens (including phenoxy) is 2. The highest BCUT2D eigenvalue weighted by Gasteiger charge is 2.42. The molecule has 2 aliphatic rings. The summed E-state index contributed by atoms with van der Waals surface area (Å²) < 4.78 is 39.4. The van der Waals surface area contributed by atoms with E-state index in [9.17, 15) is 8.42 Å². The molecule has 0 N–H and O–H groups in total. The Balaban J connectivity index is 1.61. The summed E-state index contributed by atoms with van der Waals surface area (Å²) in [6, 6.07) is 5.52. The zero-order valence-electron chi connectivity index (χ0n) is 14.9. The Morgan fingerprint density at radius 3 is 2.46 bits per heavy atom. The van der Waals surface area contributed by atoms with Gasteiger partial charge >= 0.3 is 0 Å². The average Bonchev–Trinajstić information content (AvgIpc) is 3.25. The van der Waals surface area contributed by atoms with Crippen molar-refractivity contribution in [2.75, 3.05) is 26.3 Å². The molecular formula is C18H22N2O4S2. The summed E-state index contributed by atoms with van der Waals surface area (Å²) in [5.41, 5.74) is 2.39. The van der Waals surface area contributed by atoms with Crippen LogP contribution in [0.3, 0.4) is 0 Å². The van der Waals surface area contributed by atoms with Crippen LogP contribution in [0, 0.1) is 13.8 Å². The van der Waals surface area contributed by atoms with E-state index in [1.807, 2.05) is 31.4 Å². The van der Waals surface area contributed by atoms with Crippen LogP contribution in [-0.4, -0.2) is 49.8 Å². The van der Waals surface area contributed by atoms with Crippen molar-refractivity contribution in [2.24, 2.45) is 0 Å². The summed E-state index contributed by atoms with van der Waals surface area (Å²) >= 11 is 1.56. The molecule has 1 aromatic heterocycles. The number of hydrogen-bond acceptors (Lipinski definition) is 6. The largest absolute Gasteiger partial charge is 0.347 e. The third-order valence-electron chi connectivity index (χ3n) is 5.02. The van der Waals surface area contributed by atoms with Gasteiger partial charge in [0.1, 0.15) is 0 Å². The highest BCUT2D eigenvalue weighted by atomic mass is 32.2. The van der Waals surface area contributed by atoms with Crippen LogP contribution in [0.1, 0.15) is 23.4 Å².